The molecule has 0 amide bonds. The summed E-state index contributed by atoms with van der Waals surface area (Å²) in [5.41, 5.74) is 1.14. The fraction of sp³-hybridized carbons (Fsp3) is 1.00. The Morgan fingerprint density at radius 2 is 1.75 bits per heavy atom. The molecule has 0 bridgehead atoms. The average Bonchev–Trinajstić information content (AvgIpc) is 1.21. The molecule has 0 aromatic rings. The molecule has 0 saturated heterocycles. The van der Waals surface area contributed by atoms with Crippen LogP contribution in [0, 0.1) is 0 Å². The summed E-state index contributed by atoms with van der Waals surface area (Å²) >= 11 is 11.7. The molecule has 0 aliphatic rings. The molecule has 0 unspecified atom stereocenters. The van der Waals surface area contributed by atoms with Gasteiger partial charge in [-0.25, -0.2) is 0 Å². The molecule has 0 aromatic carbocycles. The molecular weight excluding hydrogens is 175 g/mol. The monoisotopic (exact) mass is 186 g/mol. The first kappa shape index (κ1) is 9.01. The van der Waals surface area contributed by atoms with Crippen LogP contribution in [-0.4, -0.2) is 15.5 Å². The van der Waals surface area contributed by atoms with Crippen LogP contribution in [-0.2, 0) is 0 Å². The van der Waals surface area contributed by atoms with Gasteiger partial charge in [0.15, 0.2) is 0 Å². The van der Waals surface area contributed by atoms with Crippen molar-refractivity contribution in [2.45, 2.75) is 25.3 Å². The fourth-order valence-corrected chi connectivity index (χ4v) is 12.0. The zero-order valence-electron chi connectivity index (χ0n) is 5.54. The van der Waals surface area contributed by atoms with Gasteiger partial charge in [0.05, 0.1) is 0 Å². The largest absolute Gasteiger partial charge is 0.245 e. The van der Waals surface area contributed by atoms with Crippen molar-refractivity contribution in [2.24, 2.45) is 0 Å². The highest BCUT2D eigenvalue weighted by Gasteiger charge is 2.21. The predicted octanol–water partition coefficient (Wildman–Crippen LogP) is 2.56. The van der Waals surface area contributed by atoms with Gasteiger partial charge < -0.3 is 0 Å². The first-order chi connectivity index (χ1) is 3.42. The minimum absolute atomic E-state index is 0.498. The van der Waals surface area contributed by atoms with Gasteiger partial charge in [-0.15, -0.1) is 22.2 Å². The lowest BCUT2D eigenvalue weighted by Gasteiger charge is -2.10. The maximum atomic E-state index is 5.87. The Kier molecular flexibility index (Phi) is 3.66. The Bertz CT molecular complexity index is 66.9. The molecule has 0 N–H and O–H groups in total. The first-order valence-corrected chi connectivity index (χ1v) is 10.7. The zero-order chi connectivity index (χ0) is 6.78. The van der Waals surface area contributed by atoms with Gasteiger partial charge in [-0.05, 0) is 12.2 Å². The smallest absolute Gasteiger partial charge is 0.146 e. The maximum Gasteiger partial charge on any atom is 0.245 e. The van der Waals surface area contributed by atoms with Gasteiger partial charge in [-0.3, -0.25) is 0 Å². The Morgan fingerprint density at radius 1 is 1.38 bits per heavy atom. The van der Waals surface area contributed by atoms with Gasteiger partial charge in [0.1, 0.15) is 0 Å². The quantitative estimate of drug-likeness (QED) is 0.460. The van der Waals surface area contributed by atoms with Crippen molar-refractivity contribution in [3.05, 3.63) is 0 Å². The van der Waals surface area contributed by atoms with Crippen molar-refractivity contribution in [1.29, 1.82) is 0 Å². The van der Waals surface area contributed by atoms with Crippen LogP contribution >= 0.6 is 22.2 Å². The molecular formula is C4H12Cl2Si2. The van der Waals surface area contributed by atoms with Gasteiger partial charge in [0.2, 0.25) is 6.69 Å². The average molecular weight is 187 g/mol. The van der Waals surface area contributed by atoms with Crippen molar-refractivity contribution in [2.75, 3.05) is 0 Å². The van der Waals surface area contributed by atoms with Crippen LogP contribution in [0.1, 0.15) is 0 Å². The van der Waals surface area contributed by atoms with E-state index in [0.717, 1.165) is 5.67 Å². The van der Waals surface area contributed by atoms with E-state index in [0.29, 0.717) is 0 Å². The van der Waals surface area contributed by atoms with E-state index in [4.69, 9.17) is 22.2 Å². The van der Waals surface area contributed by atoms with E-state index >= 15 is 0 Å². The molecule has 0 saturated carbocycles. The van der Waals surface area contributed by atoms with Crippen LogP contribution in [0.25, 0.3) is 0 Å². The van der Waals surface area contributed by atoms with Crippen LogP contribution in [0.2, 0.25) is 25.3 Å². The number of rotatable bonds is 2. The molecule has 0 radical (unpaired) electrons. The van der Waals surface area contributed by atoms with Crippen molar-refractivity contribution in [3.63, 3.8) is 0 Å². The number of hydrogen-bond acceptors (Lipinski definition) is 0. The normalized spacial score (nSPS) is 12.8. The van der Waals surface area contributed by atoms with Crippen LogP contribution in [0.3, 0.4) is 0 Å². The molecule has 0 rings (SSSR count). The molecule has 0 nitrogen and oxygen atoms in total. The second-order valence-corrected chi connectivity index (χ2v) is 14.8. The summed E-state index contributed by atoms with van der Waals surface area (Å²) in [5.74, 6) is 0. The third-order valence-corrected chi connectivity index (χ3v) is 9.68. The highest BCUT2D eigenvalue weighted by Crippen LogP contribution is 2.20. The van der Waals surface area contributed by atoms with E-state index in [1.54, 1.807) is 0 Å². The minimum atomic E-state index is -1.71. The van der Waals surface area contributed by atoms with Crippen LogP contribution < -0.4 is 0 Å². The molecule has 0 aromatic heterocycles. The maximum absolute atomic E-state index is 5.87. The van der Waals surface area contributed by atoms with Gasteiger partial charge >= 0.3 is 0 Å². The topological polar surface area (TPSA) is 0 Å². The molecule has 50 valence electrons. The highest BCUT2D eigenvalue weighted by molar-refractivity contribution is 7.46. The van der Waals surface area contributed by atoms with E-state index in [-0.39, 0.29) is 0 Å². The van der Waals surface area contributed by atoms with Crippen LogP contribution in [0.15, 0.2) is 0 Å². The SMILES string of the molecule is C[SiH](C)C[Si](C)(Cl)Cl. The second kappa shape index (κ2) is 3.25. The summed E-state index contributed by atoms with van der Waals surface area (Å²) in [5, 5.41) is 0. The van der Waals surface area contributed by atoms with Gasteiger partial charge in [-0.2, -0.15) is 0 Å². The lowest BCUT2D eigenvalue weighted by molar-refractivity contribution is 1.75. The van der Waals surface area contributed by atoms with E-state index in [2.05, 4.69) is 13.1 Å². The molecule has 0 atom stereocenters. The fourth-order valence-electron chi connectivity index (χ4n) is 0.717. The molecule has 0 aliphatic heterocycles. The molecule has 0 heterocycles. The lowest BCUT2D eigenvalue weighted by atomic mass is 11.8. The standard InChI is InChI=1S/C4H12Cl2Si2/c1-7(2)4-8(3,5)6/h7H,4H2,1-3H3. The van der Waals surface area contributed by atoms with Crippen LogP contribution in [0.4, 0.5) is 0 Å². The van der Waals surface area contributed by atoms with E-state index in [1.807, 2.05) is 6.55 Å². The van der Waals surface area contributed by atoms with Crippen LogP contribution in [0.5, 0.6) is 0 Å². The lowest BCUT2D eigenvalue weighted by Crippen LogP contribution is -2.20. The molecule has 0 spiro atoms. The Morgan fingerprint density at radius 3 is 1.75 bits per heavy atom. The Balaban J connectivity index is 3.39. The third kappa shape index (κ3) is 7.01. The summed E-state index contributed by atoms with van der Waals surface area (Å²) in [6.45, 7) is 4.82. The van der Waals surface area contributed by atoms with Crippen molar-refractivity contribution >= 4 is 37.6 Å². The van der Waals surface area contributed by atoms with Crippen molar-refractivity contribution < 1.29 is 0 Å². The molecule has 4 heteroatoms. The summed E-state index contributed by atoms with van der Waals surface area (Å²) in [6, 6.07) is 0. The second-order valence-electron chi connectivity index (χ2n) is 2.67. The predicted molar refractivity (Wildman–Crippen MR) is 47.0 cm³/mol. The summed E-state index contributed by atoms with van der Waals surface area (Å²) in [7, 11) is -0.498. The molecule has 0 fully saturated rings. The number of hydrogen-bond donors (Lipinski definition) is 0. The van der Waals surface area contributed by atoms with E-state index in [9.17, 15) is 0 Å². The summed E-state index contributed by atoms with van der Waals surface area (Å²) < 4.78 is 0. The molecule has 0 aliphatic carbocycles. The number of halogens is 2. The van der Waals surface area contributed by atoms with Gasteiger partial charge in [0.25, 0.3) is 0 Å². The summed E-state index contributed by atoms with van der Waals surface area (Å²) in [6.07, 6.45) is 0. The first-order valence-electron chi connectivity index (χ1n) is 2.79. The van der Waals surface area contributed by atoms with Crippen molar-refractivity contribution in [1.82, 2.24) is 0 Å². The third-order valence-electron chi connectivity index (χ3n) is 0.767. The minimum Gasteiger partial charge on any atom is -0.146 e. The Hall–Kier alpha value is 1.01. The van der Waals surface area contributed by atoms with E-state index in [1.165, 1.54) is 0 Å². The highest BCUT2D eigenvalue weighted by atomic mass is 35.7. The zero-order valence-corrected chi connectivity index (χ0v) is 9.21. The summed E-state index contributed by atoms with van der Waals surface area (Å²) in [4.78, 5) is 0. The van der Waals surface area contributed by atoms with Crippen molar-refractivity contribution in [3.8, 4) is 0 Å². The Labute approximate surface area is 63.2 Å². The van der Waals surface area contributed by atoms with Gasteiger partial charge in [-0.1, -0.05) is 13.1 Å². The molecule has 8 heavy (non-hydrogen) atoms. The van der Waals surface area contributed by atoms with Gasteiger partial charge in [0, 0.05) is 8.80 Å². The van der Waals surface area contributed by atoms with E-state index < -0.39 is 15.5 Å².